The third-order valence-electron chi connectivity index (χ3n) is 6.82. The molecule has 1 saturated heterocycles. The fourth-order valence-electron chi connectivity index (χ4n) is 5.22. The van der Waals surface area contributed by atoms with E-state index < -0.39 is 0 Å². The molecule has 0 spiro atoms. The lowest BCUT2D eigenvalue weighted by molar-refractivity contribution is -0.133. The number of halogens is 3. The van der Waals surface area contributed by atoms with E-state index in [4.69, 9.17) is 32.7 Å². The molecule has 180 valence electrons. The highest BCUT2D eigenvalue weighted by atomic mass is 35.5. The van der Waals surface area contributed by atoms with Crippen molar-refractivity contribution in [2.45, 2.75) is 44.2 Å². The van der Waals surface area contributed by atoms with E-state index in [1.165, 1.54) is 12.8 Å². The molecule has 0 N–H and O–H groups in total. The van der Waals surface area contributed by atoms with E-state index in [1.54, 1.807) is 26.4 Å². The Balaban J connectivity index is 0.00000306. The van der Waals surface area contributed by atoms with Gasteiger partial charge in [0.2, 0.25) is 5.91 Å². The van der Waals surface area contributed by atoms with Crippen molar-refractivity contribution in [3.63, 3.8) is 0 Å². The van der Waals surface area contributed by atoms with Gasteiger partial charge in [-0.15, -0.1) is 12.4 Å². The highest BCUT2D eigenvalue weighted by Crippen LogP contribution is 2.45. The van der Waals surface area contributed by atoms with E-state index in [-0.39, 0.29) is 36.8 Å². The topological polar surface area (TPSA) is 42.0 Å². The lowest BCUT2D eigenvalue weighted by Crippen LogP contribution is -2.48. The van der Waals surface area contributed by atoms with Gasteiger partial charge >= 0.3 is 0 Å². The first-order valence-electron chi connectivity index (χ1n) is 11.1. The Morgan fingerprint density at radius 3 is 2.45 bits per heavy atom. The zero-order valence-corrected chi connectivity index (χ0v) is 21.6. The summed E-state index contributed by atoms with van der Waals surface area (Å²) in [5, 5.41) is 0.960. The maximum absolute atomic E-state index is 13.4. The second kappa shape index (κ2) is 11.2. The molecule has 8 heteroatoms. The van der Waals surface area contributed by atoms with Gasteiger partial charge < -0.3 is 14.4 Å². The molecule has 1 heterocycles. The van der Waals surface area contributed by atoms with Gasteiger partial charge in [0, 0.05) is 18.7 Å². The van der Waals surface area contributed by atoms with Crippen molar-refractivity contribution in [2.75, 3.05) is 34.4 Å². The van der Waals surface area contributed by atoms with Crippen molar-refractivity contribution in [2.24, 2.45) is 0 Å². The minimum atomic E-state index is -0.0491. The average molecular weight is 514 g/mol. The normalized spacial score (nSPS) is 20.0. The number of hydrogen-bond acceptors (Lipinski definition) is 4. The molecule has 33 heavy (non-hydrogen) atoms. The summed E-state index contributed by atoms with van der Waals surface area (Å²) < 4.78 is 11.3. The van der Waals surface area contributed by atoms with Gasteiger partial charge in [-0.05, 0) is 68.1 Å². The van der Waals surface area contributed by atoms with Gasteiger partial charge in [0.15, 0.2) is 11.5 Å². The van der Waals surface area contributed by atoms with Crippen LogP contribution in [0.1, 0.15) is 42.0 Å². The number of hydrogen-bond donors (Lipinski definition) is 0. The zero-order valence-electron chi connectivity index (χ0n) is 19.3. The number of benzene rings is 2. The Hall–Kier alpha value is -1.66. The summed E-state index contributed by atoms with van der Waals surface area (Å²) in [4.78, 5) is 17.9. The van der Waals surface area contributed by atoms with Crippen molar-refractivity contribution in [1.29, 1.82) is 0 Å². The predicted molar refractivity (Wildman–Crippen MR) is 135 cm³/mol. The van der Waals surface area contributed by atoms with Crippen LogP contribution in [0.2, 0.25) is 10.0 Å². The number of likely N-dealkylation sites (tertiary alicyclic amines) is 1. The molecule has 2 aromatic carbocycles. The van der Waals surface area contributed by atoms with Crippen LogP contribution in [0.15, 0.2) is 30.3 Å². The van der Waals surface area contributed by atoms with Crippen LogP contribution in [0.3, 0.4) is 0 Å². The van der Waals surface area contributed by atoms with Crippen LogP contribution in [0.25, 0.3) is 0 Å². The van der Waals surface area contributed by atoms with E-state index in [9.17, 15) is 4.79 Å². The highest BCUT2D eigenvalue weighted by Gasteiger charge is 2.40. The van der Waals surface area contributed by atoms with E-state index >= 15 is 0 Å². The largest absolute Gasteiger partial charge is 0.493 e. The van der Waals surface area contributed by atoms with Crippen molar-refractivity contribution in [1.82, 2.24) is 9.80 Å². The van der Waals surface area contributed by atoms with Crippen LogP contribution < -0.4 is 9.47 Å². The van der Waals surface area contributed by atoms with Gasteiger partial charge in [-0.25, -0.2) is 0 Å². The van der Waals surface area contributed by atoms with Gasteiger partial charge in [-0.2, -0.15) is 0 Å². The van der Waals surface area contributed by atoms with Gasteiger partial charge in [-0.3, -0.25) is 9.69 Å². The molecule has 0 saturated carbocycles. The molecule has 1 aliphatic carbocycles. The number of likely N-dealkylation sites (N-methyl/N-ethyl adjacent to an activating group) is 1. The summed E-state index contributed by atoms with van der Waals surface area (Å²) in [6.07, 6.45) is 4.58. The van der Waals surface area contributed by atoms with Crippen molar-refractivity contribution >= 4 is 41.5 Å². The predicted octanol–water partition coefficient (Wildman–Crippen LogP) is 5.59. The number of methoxy groups -OCH3 is 2. The van der Waals surface area contributed by atoms with Gasteiger partial charge in [0.25, 0.3) is 0 Å². The minimum absolute atomic E-state index is 0. The second-order valence-corrected chi connectivity index (χ2v) is 9.41. The molecule has 1 aliphatic heterocycles. The van der Waals surface area contributed by atoms with E-state index in [0.29, 0.717) is 10.0 Å². The Morgan fingerprint density at radius 2 is 1.82 bits per heavy atom. The first-order valence-corrected chi connectivity index (χ1v) is 11.9. The molecular weight excluding hydrogens is 483 g/mol. The molecule has 1 amide bonds. The third-order valence-corrected chi connectivity index (χ3v) is 7.56. The van der Waals surface area contributed by atoms with Crippen molar-refractivity contribution in [3.8, 4) is 11.5 Å². The highest BCUT2D eigenvalue weighted by molar-refractivity contribution is 6.42. The minimum Gasteiger partial charge on any atom is -0.493 e. The van der Waals surface area contributed by atoms with Crippen LogP contribution in [0.4, 0.5) is 0 Å². The molecule has 4 rings (SSSR count). The van der Waals surface area contributed by atoms with Crippen LogP contribution in [0.5, 0.6) is 11.5 Å². The Kier molecular flexibility index (Phi) is 8.79. The summed E-state index contributed by atoms with van der Waals surface area (Å²) in [5.41, 5.74) is 3.15. The maximum Gasteiger partial charge on any atom is 0.227 e. The summed E-state index contributed by atoms with van der Waals surface area (Å²) in [6, 6.07) is 9.67. The van der Waals surface area contributed by atoms with E-state index in [0.717, 1.165) is 54.1 Å². The lowest BCUT2D eigenvalue weighted by Gasteiger charge is -2.44. The van der Waals surface area contributed by atoms with Crippen LogP contribution in [-0.4, -0.2) is 56.1 Å². The first-order chi connectivity index (χ1) is 15.4. The quantitative estimate of drug-likeness (QED) is 0.505. The van der Waals surface area contributed by atoms with Gasteiger partial charge in [-0.1, -0.05) is 35.3 Å². The Morgan fingerprint density at radius 1 is 1.09 bits per heavy atom. The molecule has 5 nitrogen and oxygen atoms in total. The summed E-state index contributed by atoms with van der Waals surface area (Å²) in [5.74, 6) is 1.56. The number of carbonyl (C=O) groups excluding carboxylic acids is 1. The second-order valence-electron chi connectivity index (χ2n) is 8.59. The number of nitrogens with zero attached hydrogens (tertiary/aromatic N) is 2. The molecule has 2 aromatic rings. The van der Waals surface area contributed by atoms with Crippen LogP contribution in [0, 0.1) is 0 Å². The fraction of sp³-hybridized carbons (Fsp3) is 0.480. The Labute approximate surface area is 212 Å². The molecule has 2 aliphatic rings. The monoisotopic (exact) mass is 512 g/mol. The average Bonchev–Trinajstić information content (AvgIpc) is 3.34. The standard InChI is InChI=1S/C25H30Cl2N2O3.ClH/c1-28(23(30)15-16-6-9-19(26)20(27)14-16)24-17-8-11-22(31-2)25(32-3)18(17)7-10-21(24)29-12-4-5-13-29;/h6,8-9,11,14,21,24H,4-5,7,10,12-13,15H2,1-3H3;1H/t21-,24-;/m0./s1. The fourth-order valence-corrected chi connectivity index (χ4v) is 5.55. The number of carbonyl (C=O) groups is 1. The lowest BCUT2D eigenvalue weighted by atomic mass is 9.81. The van der Waals surface area contributed by atoms with E-state index in [2.05, 4.69) is 11.0 Å². The SMILES string of the molecule is COc1ccc2c(c1OC)CC[C@H](N1CCCC1)[C@H]2N(C)C(=O)Cc1ccc(Cl)c(Cl)c1.Cl. The van der Waals surface area contributed by atoms with Crippen molar-refractivity contribution in [3.05, 3.63) is 57.1 Å². The van der Waals surface area contributed by atoms with Crippen molar-refractivity contribution < 1.29 is 14.3 Å². The first kappa shape index (κ1) is 26.0. The van der Waals surface area contributed by atoms with Crippen LogP contribution in [-0.2, 0) is 17.6 Å². The van der Waals surface area contributed by atoms with Crippen LogP contribution >= 0.6 is 35.6 Å². The number of rotatable bonds is 6. The molecule has 1 fully saturated rings. The van der Waals surface area contributed by atoms with Gasteiger partial charge in [0.1, 0.15) is 0 Å². The number of amides is 1. The summed E-state index contributed by atoms with van der Waals surface area (Å²) in [7, 11) is 5.25. The molecule has 0 unspecified atom stereocenters. The molecule has 0 aromatic heterocycles. The number of ether oxygens (including phenoxy) is 2. The smallest absolute Gasteiger partial charge is 0.227 e. The van der Waals surface area contributed by atoms with E-state index in [1.807, 2.05) is 24.1 Å². The molecule has 0 radical (unpaired) electrons. The zero-order chi connectivity index (χ0) is 22.8. The van der Waals surface area contributed by atoms with Gasteiger partial charge in [0.05, 0.1) is 36.7 Å². The third kappa shape index (κ3) is 5.22. The number of fused-ring (bicyclic) bond motifs is 1. The molecule has 2 atom stereocenters. The molecule has 0 bridgehead atoms. The molecular formula is C25H31Cl3N2O3. The summed E-state index contributed by atoms with van der Waals surface area (Å²) >= 11 is 12.2. The summed E-state index contributed by atoms with van der Waals surface area (Å²) in [6.45, 7) is 2.16. The Bertz CT molecular complexity index is 995. The maximum atomic E-state index is 13.4.